The molecular formula is C13H18ClFN2S. The van der Waals surface area contributed by atoms with E-state index in [0.29, 0.717) is 6.54 Å². The molecule has 1 aromatic carbocycles. The predicted molar refractivity (Wildman–Crippen MR) is 76.9 cm³/mol. The minimum absolute atomic E-state index is 0.236. The van der Waals surface area contributed by atoms with Gasteiger partial charge in [-0.15, -0.1) is 0 Å². The van der Waals surface area contributed by atoms with Crippen molar-refractivity contribution in [3.05, 3.63) is 34.6 Å². The monoisotopic (exact) mass is 288 g/mol. The van der Waals surface area contributed by atoms with Crippen molar-refractivity contribution in [3.63, 3.8) is 0 Å². The maximum Gasteiger partial charge on any atom is 0.142 e. The fourth-order valence-electron chi connectivity index (χ4n) is 1.97. The van der Waals surface area contributed by atoms with Gasteiger partial charge in [-0.3, -0.25) is 0 Å². The highest BCUT2D eigenvalue weighted by molar-refractivity contribution is 7.99. The molecule has 0 amide bonds. The van der Waals surface area contributed by atoms with Gasteiger partial charge in [-0.05, 0) is 11.6 Å². The van der Waals surface area contributed by atoms with E-state index in [1.165, 1.54) is 30.7 Å². The summed E-state index contributed by atoms with van der Waals surface area (Å²) in [5, 5.41) is 3.55. The molecule has 0 unspecified atom stereocenters. The van der Waals surface area contributed by atoms with Gasteiger partial charge in [0.1, 0.15) is 5.82 Å². The van der Waals surface area contributed by atoms with E-state index in [9.17, 15) is 4.39 Å². The van der Waals surface area contributed by atoms with Gasteiger partial charge in [-0.25, -0.2) is 4.39 Å². The van der Waals surface area contributed by atoms with Gasteiger partial charge in [-0.1, -0.05) is 23.7 Å². The summed E-state index contributed by atoms with van der Waals surface area (Å²) in [7, 11) is 0. The highest BCUT2D eigenvalue weighted by Crippen LogP contribution is 2.19. The zero-order valence-electron chi connectivity index (χ0n) is 10.3. The second-order valence-electron chi connectivity index (χ2n) is 4.34. The second-order valence-corrected chi connectivity index (χ2v) is 5.95. The van der Waals surface area contributed by atoms with Crippen molar-refractivity contribution in [2.45, 2.75) is 6.54 Å². The summed E-state index contributed by atoms with van der Waals surface area (Å²) in [6.45, 7) is 4.93. The molecule has 1 N–H and O–H groups in total. The molecule has 1 fully saturated rings. The summed E-state index contributed by atoms with van der Waals surface area (Å²) in [5.74, 6) is 2.12. The maximum atomic E-state index is 13.2. The standard InChI is InChI=1S/C13H18ClFN2S/c14-13-11(2-1-3-12(13)15)10-16-4-5-17-6-8-18-9-7-17/h1-3,16H,4-10H2. The van der Waals surface area contributed by atoms with Gasteiger partial charge < -0.3 is 10.2 Å². The highest BCUT2D eigenvalue weighted by Gasteiger charge is 2.09. The Kier molecular flexibility index (Phi) is 5.76. The van der Waals surface area contributed by atoms with Crippen LogP contribution in [-0.2, 0) is 6.54 Å². The van der Waals surface area contributed by atoms with E-state index >= 15 is 0 Å². The number of nitrogens with one attached hydrogen (secondary N) is 1. The van der Waals surface area contributed by atoms with Crippen molar-refractivity contribution < 1.29 is 4.39 Å². The molecule has 0 bridgehead atoms. The Morgan fingerprint density at radius 3 is 2.89 bits per heavy atom. The number of benzene rings is 1. The van der Waals surface area contributed by atoms with Crippen LogP contribution in [0.25, 0.3) is 0 Å². The molecule has 1 heterocycles. The maximum absolute atomic E-state index is 13.2. The first-order chi connectivity index (χ1) is 8.77. The Morgan fingerprint density at radius 1 is 1.33 bits per heavy atom. The molecule has 2 rings (SSSR count). The van der Waals surface area contributed by atoms with E-state index in [1.54, 1.807) is 6.07 Å². The van der Waals surface area contributed by atoms with E-state index in [4.69, 9.17) is 11.6 Å². The summed E-state index contributed by atoms with van der Waals surface area (Å²) in [6.07, 6.45) is 0. The van der Waals surface area contributed by atoms with Crippen LogP contribution in [0.15, 0.2) is 18.2 Å². The minimum atomic E-state index is -0.343. The normalized spacial score (nSPS) is 17.0. The Hall–Kier alpha value is -0.290. The zero-order chi connectivity index (χ0) is 12.8. The molecule has 1 saturated heterocycles. The zero-order valence-corrected chi connectivity index (χ0v) is 11.9. The lowest BCUT2D eigenvalue weighted by Crippen LogP contribution is -2.37. The summed E-state index contributed by atoms with van der Waals surface area (Å²) >= 11 is 7.91. The number of halogens is 2. The van der Waals surface area contributed by atoms with Gasteiger partial charge in [0.2, 0.25) is 0 Å². The molecule has 0 aliphatic carbocycles. The third-order valence-electron chi connectivity index (χ3n) is 3.06. The molecule has 0 atom stereocenters. The van der Waals surface area contributed by atoms with Gasteiger partial charge in [0, 0.05) is 44.2 Å². The van der Waals surface area contributed by atoms with Crippen molar-refractivity contribution in [1.82, 2.24) is 10.2 Å². The largest absolute Gasteiger partial charge is 0.311 e. The first-order valence-electron chi connectivity index (χ1n) is 6.21. The van der Waals surface area contributed by atoms with Crippen LogP contribution in [0.2, 0.25) is 5.02 Å². The average molecular weight is 289 g/mol. The van der Waals surface area contributed by atoms with E-state index in [0.717, 1.165) is 18.7 Å². The van der Waals surface area contributed by atoms with Crippen molar-refractivity contribution in [1.29, 1.82) is 0 Å². The smallest absolute Gasteiger partial charge is 0.142 e. The van der Waals surface area contributed by atoms with Crippen LogP contribution < -0.4 is 5.32 Å². The number of rotatable bonds is 5. The molecule has 0 saturated carbocycles. The van der Waals surface area contributed by atoms with Gasteiger partial charge in [0.05, 0.1) is 5.02 Å². The van der Waals surface area contributed by atoms with E-state index in [-0.39, 0.29) is 10.8 Å². The molecule has 0 radical (unpaired) electrons. The summed E-state index contributed by atoms with van der Waals surface area (Å²) in [5.41, 5.74) is 0.825. The lowest BCUT2D eigenvalue weighted by Gasteiger charge is -2.26. The summed E-state index contributed by atoms with van der Waals surface area (Å²) < 4.78 is 13.2. The number of hydrogen-bond acceptors (Lipinski definition) is 3. The first-order valence-corrected chi connectivity index (χ1v) is 7.74. The molecular weight excluding hydrogens is 271 g/mol. The van der Waals surface area contributed by atoms with Gasteiger partial charge in [0.15, 0.2) is 0 Å². The fraction of sp³-hybridized carbons (Fsp3) is 0.538. The molecule has 1 aromatic rings. The van der Waals surface area contributed by atoms with Crippen molar-refractivity contribution in [2.24, 2.45) is 0 Å². The highest BCUT2D eigenvalue weighted by atomic mass is 35.5. The third kappa shape index (κ3) is 4.12. The van der Waals surface area contributed by atoms with Crippen molar-refractivity contribution >= 4 is 23.4 Å². The molecule has 100 valence electrons. The number of thioether (sulfide) groups is 1. The molecule has 0 aromatic heterocycles. The summed E-state index contributed by atoms with van der Waals surface area (Å²) in [6, 6.07) is 4.94. The first kappa shape index (κ1) is 14.1. The summed E-state index contributed by atoms with van der Waals surface area (Å²) in [4.78, 5) is 2.46. The fourth-order valence-corrected chi connectivity index (χ4v) is 3.14. The molecule has 1 aliphatic heterocycles. The topological polar surface area (TPSA) is 15.3 Å². The number of nitrogens with zero attached hydrogens (tertiary/aromatic N) is 1. The van der Waals surface area contributed by atoms with Crippen LogP contribution in [0, 0.1) is 5.82 Å². The lowest BCUT2D eigenvalue weighted by atomic mass is 10.2. The van der Waals surface area contributed by atoms with Crippen molar-refractivity contribution in [3.8, 4) is 0 Å². The second kappa shape index (κ2) is 7.34. The van der Waals surface area contributed by atoms with Gasteiger partial charge in [0.25, 0.3) is 0 Å². The van der Waals surface area contributed by atoms with Crippen molar-refractivity contribution in [2.75, 3.05) is 37.7 Å². The molecule has 0 spiro atoms. The van der Waals surface area contributed by atoms with E-state index in [2.05, 4.69) is 10.2 Å². The molecule has 1 aliphatic rings. The van der Waals surface area contributed by atoms with Gasteiger partial charge >= 0.3 is 0 Å². The molecule has 18 heavy (non-hydrogen) atoms. The Labute approximate surface area is 117 Å². The predicted octanol–water partition coefficient (Wildman–Crippen LogP) is 2.62. The van der Waals surface area contributed by atoms with Crippen LogP contribution >= 0.6 is 23.4 Å². The third-order valence-corrected chi connectivity index (χ3v) is 4.42. The van der Waals surface area contributed by atoms with E-state index in [1.807, 2.05) is 17.8 Å². The van der Waals surface area contributed by atoms with Crippen LogP contribution in [0.1, 0.15) is 5.56 Å². The minimum Gasteiger partial charge on any atom is -0.311 e. The molecule has 5 heteroatoms. The van der Waals surface area contributed by atoms with E-state index < -0.39 is 0 Å². The van der Waals surface area contributed by atoms with Crippen LogP contribution in [0.4, 0.5) is 4.39 Å². The average Bonchev–Trinajstić information content (AvgIpc) is 2.40. The van der Waals surface area contributed by atoms with Crippen LogP contribution in [0.3, 0.4) is 0 Å². The van der Waals surface area contributed by atoms with Crippen LogP contribution in [-0.4, -0.2) is 42.6 Å². The quantitative estimate of drug-likeness (QED) is 0.839. The lowest BCUT2D eigenvalue weighted by molar-refractivity contribution is 0.301. The number of hydrogen-bond donors (Lipinski definition) is 1. The Balaban J connectivity index is 1.70. The molecule has 2 nitrogen and oxygen atoms in total. The SMILES string of the molecule is Fc1cccc(CNCCN2CCSCC2)c1Cl. The van der Waals surface area contributed by atoms with Crippen LogP contribution in [0.5, 0.6) is 0 Å². The Morgan fingerprint density at radius 2 is 2.11 bits per heavy atom. The Bertz CT molecular complexity index is 383. The van der Waals surface area contributed by atoms with Gasteiger partial charge in [-0.2, -0.15) is 11.8 Å².